The van der Waals surface area contributed by atoms with E-state index in [-0.39, 0.29) is 5.56 Å². The van der Waals surface area contributed by atoms with E-state index in [9.17, 15) is 26.7 Å². The molecule has 0 atom stereocenters. The van der Waals surface area contributed by atoms with Crippen molar-refractivity contribution in [3.8, 4) is 0 Å². The second-order valence-corrected chi connectivity index (χ2v) is 6.39. The first-order chi connectivity index (χ1) is 13.7. The SMILES string of the molecule is Cc1ccc(Nc2cccc(C)c2C(=O)Nc2c(F)c(F)c(F)c(F)c2F)cc1. The Morgan fingerprint density at radius 3 is 1.90 bits per heavy atom. The van der Waals surface area contributed by atoms with Gasteiger partial charge in [-0.15, -0.1) is 0 Å². The topological polar surface area (TPSA) is 41.1 Å². The first kappa shape index (κ1) is 20.3. The van der Waals surface area contributed by atoms with Gasteiger partial charge in [0.05, 0.1) is 11.3 Å². The minimum absolute atomic E-state index is 0.00276. The number of carbonyl (C=O) groups excluding carboxylic acids is 1. The maximum Gasteiger partial charge on any atom is 0.258 e. The molecule has 0 spiro atoms. The molecule has 3 rings (SSSR count). The molecule has 0 aliphatic heterocycles. The van der Waals surface area contributed by atoms with E-state index >= 15 is 0 Å². The number of amides is 1. The van der Waals surface area contributed by atoms with Gasteiger partial charge in [0, 0.05) is 5.69 Å². The van der Waals surface area contributed by atoms with Crippen LogP contribution in [0.1, 0.15) is 21.5 Å². The van der Waals surface area contributed by atoms with Crippen LogP contribution in [-0.2, 0) is 0 Å². The lowest BCUT2D eigenvalue weighted by atomic mass is 10.0. The van der Waals surface area contributed by atoms with Crippen LogP contribution in [0.2, 0.25) is 0 Å². The second kappa shape index (κ2) is 7.90. The van der Waals surface area contributed by atoms with E-state index in [1.54, 1.807) is 42.6 Å². The van der Waals surface area contributed by atoms with Crippen LogP contribution >= 0.6 is 0 Å². The highest BCUT2D eigenvalue weighted by molar-refractivity contribution is 6.09. The molecule has 2 N–H and O–H groups in total. The van der Waals surface area contributed by atoms with Crippen LogP contribution in [0.25, 0.3) is 0 Å². The quantitative estimate of drug-likeness (QED) is 0.317. The third-order valence-corrected chi connectivity index (χ3v) is 4.28. The van der Waals surface area contributed by atoms with E-state index < -0.39 is 40.7 Å². The number of nitrogens with one attached hydrogen (secondary N) is 2. The number of anilines is 3. The van der Waals surface area contributed by atoms with E-state index in [0.29, 0.717) is 16.9 Å². The highest BCUT2D eigenvalue weighted by Gasteiger charge is 2.28. The van der Waals surface area contributed by atoms with Crippen molar-refractivity contribution in [2.45, 2.75) is 13.8 Å². The Labute approximate surface area is 163 Å². The van der Waals surface area contributed by atoms with Gasteiger partial charge in [-0.05, 0) is 37.6 Å². The molecule has 0 heterocycles. The zero-order chi connectivity index (χ0) is 21.3. The van der Waals surface area contributed by atoms with Crippen molar-refractivity contribution in [1.82, 2.24) is 0 Å². The van der Waals surface area contributed by atoms with Crippen molar-refractivity contribution < 1.29 is 26.7 Å². The summed E-state index contributed by atoms with van der Waals surface area (Å²) in [4.78, 5) is 12.7. The fourth-order valence-electron chi connectivity index (χ4n) is 2.76. The summed E-state index contributed by atoms with van der Waals surface area (Å²) < 4.78 is 67.9. The van der Waals surface area contributed by atoms with Crippen LogP contribution in [0.5, 0.6) is 0 Å². The Kier molecular flexibility index (Phi) is 5.54. The molecule has 29 heavy (non-hydrogen) atoms. The summed E-state index contributed by atoms with van der Waals surface area (Å²) in [5.74, 6) is -11.8. The van der Waals surface area contributed by atoms with Gasteiger partial charge in [0.25, 0.3) is 5.91 Å². The fraction of sp³-hybridized carbons (Fsp3) is 0.0952. The van der Waals surface area contributed by atoms with Crippen LogP contribution < -0.4 is 10.6 Å². The summed E-state index contributed by atoms with van der Waals surface area (Å²) in [6, 6.07) is 12.0. The molecular formula is C21H15F5N2O. The van der Waals surface area contributed by atoms with Gasteiger partial charge in [0.2, 0.25) is 5.82 Å². The Morgan fingerprint density at radius 2 is 1.31 bits per heavy atom. The maximum absolute atomic E-state index is 13.9. The van der Waals surface area contributed by atoms with E-state index in [1.165, 1.54) is 0 Å². The predicted molar refractivity (Wildman–Crippen MR) is 99.8 cm³/mol. The molecule has 8 heteroatoms. The molecule has 0 bridgehead atoms. The molecule has 0 saturated heterocycles. The Hall–Kier alpha value is -3.42. The normalized spacial score (nSPS) is 10.7. The lowest BCUT2D eigenvalue weighted by Crippen LogP contribution is -2.19. The number of hydrogen-bond donors (Lipinski definition) is 2. The Balaban J connectivity index is 2.00. The Bertz CT molecular complexity index is 1070. The highest BCUT2D eigenvalue weighted by atomic mass is 19.2. The van der Waals surface area contributed by atoms with E-state index in [2.05, 4.69) is 5.32 Å². The average Bonchev–Trinajstić information content (AvgIpc) is 2.70. The zero-order valence-electron chi connectivity index (χ0n) is 15.3. The van der Waals surface area contributed by atoms with E-state index in [0.717, 1.165) is 5.56 Å². The van der Waals surface area contributed by atoms with Crippen LogP contribution in [0.15, 0.2) is 42.5 Å². The molecule has 0 aromatic heterocycles. The molecule has 1 amide bonds. The van der Waals surface area contributed by atoms with Gasteiger partial charge in [0.15, 0.2) is 23.3 Å². The molecule has 0 saturated carbocycles. The summed E-state index contributed by atoms with van der Waals surface area (Å²) in [5, 5.41) is 4.82. The van der Waals surface area contributed by atoms with Crippen LogP contribution in [0, 0.1) is 42.9 Å². The highest BCUT2D eigenvalue weighted by Crippen LogP contribution is 2.30. The van der Waals surface area contributed by atoms with Gasteiger partial charge in [-0.2, -0.15) is 0 Å². The number of benzene rings is 3. The number of rotatable bonds is 4. The van der Waals surface area contributed by atoms with Crippen LogP contribution in [0.3, 0.4) is 0 Å². The minimum atomic E-state index is -2.30. The van der Waals surface area contributed by atoms with Gasteiger partial charge < -0.3 is 10.6 Å². The van der Waals surface area contributed by atoms with Crippen LogP contribution in [-0.4, -0.2) is 5.91 Å². The molecule has 3 aromatic carbocycles. The minimum Gasteiger partial charge on any atom is -0.355 e. The molecule has 0 unspecified atom stereocenters. The third kappa shape index (κ3) is 3.91. The molecule has 0 aliphatic rings. The third-order valence-electron chi connectivity index (χ3n) is 4.28. The van der Waals surface area contributed by atoms with E-state index in [4.69, 9.17) is 0 Å². The van der Waals surface area contributed by atoms with E-state index in [1.807, 2.05) is 19.1 Å². The molecular weight excluding hydrogens is 391 g/mol. The maximum atomic E-state index is 13.9. The summed E-state index contributed by atoms with van der Waals surface area (Å²) in [6.45, 7) is 3.48. The number of halogens is 5. The molecule has 0 aliphatic carbocycles. The summed E-state index contributed by atoms with van der Waals surface area (Å²) in [6.07, 6.45) is 0. The molecule has 3 aromatic rings. The summed E-state index contributed by atoms with van der Waals surface area (Å²) in [7, 11) is 0. The molecule has 0 fully saturated rings. The number of carbonyl (C=O) groups is 1. The van der Waals surface area contributed by atoms with Gasteiger partial charge in [-0.1, -0.05) is 29.8 Å². The number of hydrogen-bond acceptors (Lipinski definition) is 2. The van der Waals surface area contributed by atoms with Crippen molar-refractivity contribution in [1.29, 1.82) is 0 Å². The van der Waals surface area contributed by atoms with Gasteiger partial charge >= 0.3 is 0 Å². The van der Waals surface area contributed by atoms with Crippen molar-refractivity contribution >= 4 is 23.0 Å². The van der Waals surface area contributed by atoms with Crippen molar-refractivity contribution in [2.24, 2.45) is 0 Å². The lowest BCUT2D eigenvalue weighted by molar-refractivity contribution is 0.102. The molecule has 150 valence electrons. The largest absolute Gasteiger partial charge is 0.355 e. The number of aryl methyl sites for hydroxylation is 2. The zero-order valence-corrected chi connectivity index (χ0v) is 15.3. The monoisotopic (exact) mass is 406 g/mol. The van der Waals surface area contributed by atoms with Crippen molar-refractivity contribution in [3.63, 3.8) is 0 Å². The standard InChI is InChI=1S/C21H15F5N2O/c1-10-6-8-12(9-7-10)27-13-5-3-4-11(2)14(13)21(29)28-20-18(25)16(23)15(22)17(24)19(20)26/h3-9,27H,1-2H3,(H,28,29). The molecule has 0 radical (unpaired) electrons. The second-order valence-electron chi connectivity index (χ2n) is 6.39. The van der Waals surface area contributed by atoms with Crippen molar-refractivity contribution in [2.75, 3.05) is 10.6 Å². The van der Waals surface area contributed by atoms with Gasteiger partial charge in [-0.3, -0.25) is 4.79 Å². The fourth-order valence-corrected chi connectivity index (χ4v) is 2.76. The van der Waals surface area contributed by atoms with Gasteiger partial charge in [-0.25, -0.2) is 22.0 Å². The average molecular weight is 406 g/mol. The predicted octanol–water partition coefficient (Wildman–Crippen LogP) is 5.99. The Morgan fingerprint density at radius 1 is 0.759 bits per heavy atom. The summed E-state index contributed by atoms with van der Waals surface area (Å²) >= 11 is 0. The smallest absolute Gasteiger partial charge is 0.258 e. The van der Waals surface area contributed by atoms with Crippen molar-refractivity contribution in [3.05, 3.63) is 88.2 Å². The van der Waals surface area contributed by atoms with Gasteiger partial charge in [0.1, 0.15) is 5.69 Å². The summed E-state index contributed by atoms with van der Waals surface area (Å²) in [5.41, 5.74) is 0.988. The first-order valence-electron chi connectivity index (χ1n) is 8.46. The first-order valence-corrected chi connectivity index (χ1v) is 8.46. The lowest BCUT2D eigenvalue weighted by Gasteiger charge is -2.16. The van der Waals surface area contributed by atoms with Crippen LogP contribution in [0.4, 0.5) is 39.0 Å². The molecule has 3 nitrogen and oxygen atoms in total.